The summed E-state index contributed by atoms with van der Waals surface area (Å²) in [6.45, 7) is 2.62. The molecule has 3 aromatic rings. The third kappa shape index (κ3) is 5.95. The minimum Gasteiger partial charge on any atom is -0.497 e. The molecule has 0 unspecified atom stereocenters. The van der Waals surface area contributed by atoms with Gasteiger partial charge in [-0.25, -0.2) is 4.99 Å². The van der Waals surface area contributed by atoms with Crippen molar-refractivity contribution in [2.24, 2.45) is 4.99 Å². The van der Waals surface area contributed by atoms with Gasteiger partial charge in [0.2, 0.25) is 0 Å². The third-order valence-electron chi connectivity index (χ3n) is 5.30. The molecule has 10 heteroatoms. The summed E-state index contributed by atoms with van der Waals surface area (Å²) in [5, 5.41) is 11.5. The summed E-state index contributed by atoms with van der Waals surface area (Å²) in [4.78, 5) is 30.4. The van der Waals surface area contributed by atoms with E-state index in [1.54, 1.807) is 30.2 Å². The summed E-state index contributed by atoms with van der Waals surface area (Å²) >= 11 is 4.79. The molecule has 8 nitrogen and oxygen atoms in total. The number of non-ortho nitro benzene ring substituents is 1. The molecule has 1 saturated heterocycles. The van der Waals surface area contributed by atoms with Gasteiger partial charge in [0.15, 0.2) is 5.17 Å². The summed E-state index contributed by atoms with van der Waals surface area (Å²) < 4.78 is 12.0. The Kier molecular flexibility index (Phi) is 8.07. The van der Waals surface area contributed by atoms with Crippen molar-refractivity contribution in [2.45, 2.75) is 13.5 Å². The second-order valence-electron chi connectivity index (χ2n) is 7.65. The molecule has 1 aliphatic rings. The number of amides is 1. The molecule has 0 aliphatic carbocycles. The second kappa shape index (κ2) is 11.4. The lowest BCUT2D eigenvalue weighted by atomic mass is 10.1. The van der Waals surface area contributed by atoms with Crippen LogP contribution < -0.4 is 9.47 Å². The molecule has 0 bridgehead atoms. The maximum Gasteiger partial charge on any atom is 0.269 e. The highest BCUT2D eigenvalue weighted by Gasteiger charge is 2.32. The van der Waals surface area contributed by atoms with Crippen molar-refractivity contribution < 1.29 is 19.2 Å². The molecule has 3 aromatic carbocycles. The van der Waals surface area contributed by atoms with E-state index < -0.39 is 4.92 Å². The van der Waals surface area contributed by atoms with Crippen molar-refractivity contribution in [2.75, 3.05) is 13.7 Å². The van der Waals surface area contributed by atoms with Gasteiger partial charge in [0.1, 0.15) is 18.1 Å². The molecule has 4 rings (SSSR count). The number of hydrogen-bond acceptors (Lipinski definition) is 7. The zero-order chi connectivity index (χ0) is 25.7. The van der Waals surface area contributed by atoms with Gasteiger partial charge in [-0.05, 0) is 84.9 Å². The first-order valence-corrected chi connectivity index (χ1v) is 12.6. The molecule has 184 valence electrons. The van der Waals surface area contributed by atoms with E-state index in [1.165, 1.54) is 23.9 Å². The molecule has 0 N–H and O–H groups in total. The number of carbonyl (C=O) groups is 1. The predicted molar refractivity (Wildman–Crippen MR) is 145 cm³/mol. The molecule has 1 amide bonds. The number of carbonyl (C=O) groups excluding carboxylic acids is 1. The summed E-state index contributed by atoms with van der Waals surface area (Å²) in [5.41, 5.74) is 2.26. The normalized spacial score (nSPS) is 15.5. The van der Waals surface area contributed by atoms with Crippen LogP contribution in [0, 0.1) is 10.1 Å². The summed E-state index contributed by atoms with van der Waals surface area (Å²) in [6, 6.07) is 19.1. The Morgan fingerprint density at radius 3 is 2.47 bits per heavy atom. The standard InChI is InChI=1S/C26H22BrN3O5S/c1-3-29-25(31)24(36-26(29)28-20-7-11-22(34-2)12-8-20)15-18-14-19(27)6-13-23(18)35-16-17-4-9-21(10-5-17)30(32)33/h4-15H,3,16H2,1-2H3/b24-15-,28-26?. The van der Waals surface area contributed by atoms with E-state index in [0.717, 1.165) is 27.0 Å². The number of nitrogens with zero attached hydrogens (tertiary/aromatic N) is 3. The van der Waals surface area contributed by atoms with Crippen molar-refractivity contribution in [1.29, 1.82) is 0 Å². The average molecular weight is 568 g/mol. The van der Waals surface area contributed by atoms with Crippen LogP contribution in [0.4, 0.5) is 11.4 Å². The van der Waals surface area contributed by atoms with Gasteiger partial charge in [-0.2, -0.15) is 0 Å². The van der Waals surface area contributed by atoms with Crippen LogP contribution >= 0.6 is 27.7 Å². The molecular formula is C26H22BrN3O5S. The summed E-state index contributed by atoms with van der Waals surface area (Å²) in [6.07, 6.45) is 1.79. The predicted octanol–water partition coefficient (Wildman–Crippen LogP) is 6.57. The van der Waals surface area contributed by atoms with Gasteiger partial charge in [-0.15, -0.1) is 0 Å². The Morgan fingerprint density at radius 1 is 1.11 bits per heavy atom. The van der Waals surface area contributed by atoms with Gasteiger partial charge in [0, 0.05) is 28.7 Å². The number of thioether (sulfide) groups is 1. The lowest BCUT2D eigenvalue weighted by Gasteiger charge is -2.12. The monoisotopic (exact) mass is 567 g/mol. The van der Waals surface area contributed by atoms with Crippen LogP contribution in [0.1, 0.15) is 18.1 Å². The zero-order valence-corrected chi connectivity index (χ0v) is 21.9. The van der Waals surface area contributed by atoms with Gasteiger partial charge >= 0.3 is 0 Å². The van der Waals surface area contributed by atoms with Gasteiger partial charge in [-0.3, -0.25) is 19.8 Å². The van der Waals surface area contributed by atoms with E-state index in [0.29, 0.717) is 22.4 Å². The zero-order valence-electron chi connectivity index (χ0n) is 19.5. The van der Waals surface area contributed by atoms with Gasteiger partial charge in [0.25, 0.3) is 11.6 Å². The van der Waals surface area contributed by atoms with Gasteiger partial charge in [0.05, 0.1) is 22.6 Å². The maximum atomic E-state index is 13.1. The smallest absolute Gasteiger partial charge is 0.269 e. The van der Waals surface area contributed by atoms with E-state index in [4.69, 9.17) is 9.47 Å². The van der Waals surface area contributed by atoms with E-state index in [2.05, 4.69) is 20.9 Å². The Balaban J connectivity index is 1.57. The molecule has 1 fully saturated rings. The molecule has 1 aliphatic heterocycles. The molecule has 0 atom stereocenters. The number of aliphatic imine (C=N–C) groups is 1. The molecule has 0 saturated carbocycles. The molecule has 1 heterocycles. The number of rotatable bonds is 8. The highest BCUT2D eigenvalue weighted by molar-refractivity contribution is 9.10. The van der Waals surface area contributed by atoms with Crippen LogP contribution in [-0.2, 0) is 11.4 Å². The van der Waals surface area contributed by atoms with Crippen molar-refractivity contribution in [3.8, 4) is 11.5 Å². The average Bonchev–Trinajstić information content (AvgIpc) is 3.17. The fourth-order valence-corrected chi connectivity index (χ4v) is 4.85. The maximum absolute atomic E-state index is 13.1. The SMILES string of the molecule is CCN1C(=O)/C(=C/c2cc(Br)ccc2OCc2ccc([N+](=O)[O-])cc2)SC1=Nc1ccc(OC)cc1. The Morgan fingerprint density at radius 2 is 1.83 bits per heavy atom. The number of methoxy groups -OCH3 is 1. The lowest BCUT2D eigenvalue weighted by molar-refractivity contribution is -0.384. The Hall–Kier alpha value is -3.63. The number of nitro groups is 1. The van der Waals surface area contributed by atoms with Crippen molar-refractivity contribution in [3.05, 3.63) is 97.3 Å². The summed E-state index contributed by atoms with van der Waals surface area (Å²) in [7, 11) is 1.61. The fourth-order valence-electron chi connectivity index (χ4n) is 3.42. The number of hydrogen-bond donors (Lipinski definition) is 0. The Bertz CT molecular complexity index is 1340. The number of nitro benzene ring substituents is 1. The van der Waals surface area contributed by atoms with E-state index >= 15 is 0 Å². The van der Waals surface area contributed by atoms with Crippen molar-refractivity contribution in [1.82, 2.24) is 4.90 Å². The number of ether oxygens (including phenoxy) is 2. The van der Waals surface area contributed by atoms with Crippen molar-refractivity contribution in [3.63, 3.8) is 0 Å². The first-order chi connectivity index (χ1) is 17.4. The second-order valence-corrected chi connectivity index (χ2v) is 9.57. The lowest BCUT2D eigenvalue weighted by Crippen LogP contribution is -2.28. The quantitative estimate of drug-likeness (QED) is 0.173. The highest BCUT2D eigenvalue weighted by Crippen LogP contribution is 2.36. The van der Waals surface area contributed by atoms with Crippen LogP contribution in [0.15, 0.2) is 81.1 Å². The van der Waals surface area contributed by atoms with Crippen LogP contribution in [0.5, 0.6) is 11.5 Å². The highest BCUT2D eigenvalue weighted by atomic mass is 79.9. The third-order valence-corrected chi connectivity index (χ3v) is 6.80. The first kappa shape index (κ1) is 25.5. The topological polar surface area (TPSA) is 94.3 Å². The van der Waals surface area contributed by atoms with E-state index in [1.807, 2.05) is 49.4 Å². The number of benzene rings is 3. The molecule has 36 heavy (non-hydrogen) atoms. The molecule has 0 radical (unpaired) electrons. The summed E-state index contributed by atoms with van der Waals surface area (Å²) in [5.74, 6) is 1.19. The van der Waals surface area contributed by atoms with Crippen LogP contribution in [0.3, 0.4) is 0 Å². The largest absolute Gasteiger partial charge is 0.497 e. The van der Waals surface area contributed by atoms with Crippen molar-refractivity contribution >= 4 is 56.2 Å². The number of likely N-dealkylation sites (N-methyl/N-ethyl adjacent to an activating group) is 1. The number of halogens is 1. The fraction of sp³-hybridized carbons (Fsp3) is 0.154. The molecule has 0 spiro atoms. The molecular weight excluding hydrogens is 546 g/mol. The van der Waals surface area contributed by atoms with Crippen LogP contribution in [0.2, 0.25) is 0 Å². The number of amidine groups is 1. The Labute approximate surface area is 220 Å². The van der Waals surface area contributed by atoms with E-state index in [9.17, 15) is 14.9 Å². The minimum atomic E-state index is -0.439. The van der Waals surface area contributed by atoms with Gasteiger partial charge < -0.3 is 9.47 Å². The first-order valence-electron chi connectivity index (χ1n) is 11.0. The van der Waals surface area contributed by atoms with Crippen LogP contribution in [0.25, 0.3) is 6.08 Å². The molecule has 0 aromatic heterocycles. The van der Waals surface area contributed by atoms with E-state index in [-0.39, 0.29) is 18.2 Å². The van der Waals surface area contributed by atoms with Crippen LogP contribution in [-0.4, -0.2) is 34.6 Å². The van der Waals surface area contributed by atoms with Gasteiger partial charge in [-0.1, -0.05) is 15.9 Å². The minimum absolute atomic E-state index is 0.0252.